The zero-order valence-electron chi connectivity index (χ0n) is 22.7. The van der Waals surface area contributed by atoms with Gasteiger partial charge in [-0.25, -0.2) is 4.98 Å². The summed E-state index contributed by atoms with van der Waals surface area (Å²) in [4.78, 5) is 28.9. The molecule has 0 radical (unpaired) electrons. The predicted octanol–water partition coefficient (Wildman–Crippen LogP) is 7.21. The van der Waals surface area contributed by atoms with Crippen LogP contribution in [-0.2, 0) is 22.1 Å². The van der Waals surface area contributed by atoms with Crippen molar-refractivity contribution in [3.05, 3.63) is 76.1 Å². The van der Waals surface area contributed by atoms with Crippen molar-refractivity contribution in [1.29, 1.82) is 0 Å². The van der Waals surface area contributed by atoms with Crippen LogP contribution >= 0.6 is 11.6 Å². The third-order valence-electron chi connectivity index (χ3n) is 7.04. The summed E-state index contributed by atoms with van der Waals surface area (Å²) >= 11 is 5.77. The highest BCUT2D eigenvalue weighted by atomic mass is 35.5. The van der Waals surface area contributed by atoms with Gasteiger partial charge in [0.15, 0.2) is 0 Å². The molecule has 2 heterocycles. The average molecular weight is 596 g/mol. The lowest BCUT2D eigenvalue weighted by Crippen LogP contribution is -2.22. The Morgan fingerprint density at radius 2 is 1.93 bits per heavy atom. The maximum atomic E-state index is 13.9. The predicted molar refractivity (Wildman–Crippen MR) is 145 cm³/mol. The molecule has 3 atom stereocenters. The first-order valence-corrected chi connectivity index (χ1v) is 13.7. The normalized spacial score (nSPS) is 17.2. The molecule has 7 nitrogen and oxygen atoms in total. The third-order valence-corrected chi connectivity index (χ3v) is 7.23. The van der Waals surface area contributed by atoms with E-state index in [-0.39, 0.29) is 53.4 Å². The molecule has 0 aliphatic heterocycles. The first kappa shape index (κ1) is 30.4. The molecule has 4 rings (SSSR count). The molecule has 1 amide bonds. The van der Waals surface area contributed by atoms with Crippen LogP contribution in [-0.4, -0.2) is 34.6 Å². The van der Waals surface area contributed by atoms with E-state index >= 15 is 0 Å². The van der Waals surface area contributed by atoms with E-state index in [1.807, 2.05) is 13.8 Å². The third kappa shape index (κ3) is 7.19. The molecule has 1 aromatic carbocycles. The van der Waals surface area contributed by atoms with Crippen LogP contribution in [0, 0.1) is 11.9 Å². The van der Waals surface area contributed by atoms with Gasteiger partial charge >= 0.3 is 12.1 Å². The monoisotopic (exact) mass is 595 g/mol. The largest absolute Gasteiger partial charge is 0.493 e. The number of amides is 1. The molecule has 2 aromatic heterocycles. The van der Waals surface area contributed by atoms with Gasteiger partial charge in [-0.2, -0.15) is 17.6 Å². The van der Waals surface area contributed by atoms with Crippen LogP contribution in [0.1, 0.15) is 72.9 Å². The summed E-state index contributed by atoms with van der Waals surface area (Å²) in [5, 5.41) is 2.41. The molecule has 1 aliphatic carbocycles. The molecule has 1 fully saturated rings. The molecule has 1 saturated carbocycles. The maximum Gasteiger partial charge on any atom is 0.418 e. The quantitative estimate of drug-likeness (QED) is 0.144. The number of halogens is 5. The Balaban J connectivity index is 1.56. The van der Waals surface area contributed by atoms with Gasteiger partial charge in [0.2, 0.25) is 5.95 Å². The van der Waals surface area contributed by atoms with Gasteiger partial charge in [-0.05, 0) is 62.4 Å². The number of nitrogens with zero attached hydrogens (tertiary/aromatic N) is 2. The Morgan fingerprint density at radius 3 is 2.59 bits per heavy atom. The van der Waals surface area contributed by atoms with E-state index in [9.17, 15) is 27.2 Å². The highest BCUT2D eigenvalue weighted by Crippen LogP contribution is 2.49. The zero-order chi connectivity index (χ0) is 29.9. The van der Waals surface area contributed by atoms with Gasteiger partial charge in [-0.3, -0.25) is 9.59 Å². The number of pyridine rings is 1. The standard InChI is InChI=1S/C29H30ClF4N3O4/c1-4-16(3)37-18(10-11-41-19-13-25(30)36-26(31)14-19)7-9-24(37)27(38)35-23-12-17(6-8-22(23)29(32,33)34)20-15-21(20)28(39)40-5-2/h6-9,12-14,16,20-21H,4-5,10-11,15H2,1-3H3,(H,35,38)/t16-,20+,21+/m0/s1. The van der Waals surface area contributed by atoms with E-state index < -0.39 is 29.5 Å². The van der Waals surface area contributed by atoms with Gasteiger partial charge in [-0.1, -0.05) is 24.6 Å². The van der Waals surface area contributed by atoms with E-state index in [4.69, 9.17) is 21.1 Å². The summed E-state index contributed by atoms with van der Waals surface area (Å²) in [5.41, 5.74) is 0.0513. The number of alkyl halides is 3. The molecule has 41 heavy (non-hydrogen) atoms. The number of carbonyl (C=O) groups excluding carboxylic acids is 2. The molecule has 12 heteroatoms. The average Bonchev–Trinajstić information content (AvgIpc) is 3.59. The van der Waals surface area contributed by atoms with Gasteiger partial charge in [0.05, 0.1) is 30.4 Å². The zero-order valence-corrected chi connectivity index (χ0v) is 23.5. The number of carbonyl (C=O) groups is 2. The fourth-order valence-corrected chi connectivity index (χ4v) is 4.97. The second kappa shape index (κ2) is 12.5. The molecule has 0 bridgehead atoms. The number of hydrogen-bond acceptors (Lipinski definition) is 5. The lowest BCUT2D eigenvalue weighted by atomic mass is 10.0. The summed E-state index contributed by atoms with van der Waals surface area (Å²) in [6, 6.07) is 9.13. The van der Waals surface area contributed by atoms with Gasteiger partial charge in [0.25, 0.3) is 5.91 Å². The fourth-order valence-electron chi connectivity index (χ4n) is 4.78. The summed E-state index contributed by atoms with van der Waals surface area (Å²) in [6.07, 6.45) is -3.26. The maximum absolute atomic E-state index is 13.9. The van der Waals surface area contributed by atoms with Crippen LogP contribution < -0.4 is 10.1 Å². The molecular formula is C29H30ClF4N3O4. The topological polar surface area (TPSA) is 82.4 Å². The van der Waals surface area contributed by atoms with Crippen molar-refractivity contribution in [1.82, 2.24) is 9.55 Å². The number of anilines is 1. The fraction of sp³-hybridized carbons (Fsp3) is 0.414. The number of hydrogen-bond donors (Lipinski definition) is 1. The van der Waals surface area contributed by atoms with Crippen molar-refractivity contribution in [3.63, 3.8) is 0 Å². The second-order valence-corrected chi connectivity index (χ2v) is 10.2. The van der Waals surface area contributed by atoms with E-state index in [0.29, 0.717) is 30.5 Å². The molecular weight excluding hydrogens is 566 g/mol. The molecule has 1 N–H and O–H groups in total. The second-order valence-electron chi connectivity index (χ2n) is 9.84. The number of esters is 1. The summed E-state index contributed by atoms with van der Waals surface area (Å²) in [5.74, 6) is -2.37. The molecule has 3 aromatic rings. The number of rotatable bonds is 11. The summed E-state index contributed by atoms with van der Waals surface area (Å²) < 4.78 is 67.5. The minimum absolute atomic E-state index is 0.0534. The SMILES string of the molecule is CCOC(=O)[C@@H]1C[C@@H]1c1ccc(C(F)(F)F)c(NC(=O)c2ccc(CCOc3cc(F)nc(Cl)c3)n2[C@@H](C)CC)c1. The lowest BCUT2D eigenvalue weighted by Gasteiger charge is -2.21. The Bertz CT molecular complexity index is 1410. The van der Waals surface area contributed by atoms with E-state index in [1.54, 1.807) is 23.6 Å². The van der Waals surface area contributed by atoms with Crippen LogP contribution in [0.2, 0.25) is 5.15 Å². The summed E-state index contributed by atoms with van der Waals surface area (Å²) in [7, 11) is 0. The minimum atomic E-state index is -4.71. The smallest absolute Gasteiger partial charge is 0.418 e. The Labute approximate surface area is 239 Å². The minimum Gasteiger partial charge on any atom is -0.493 e. The lowest BCUT2D eigenvalue weighted by molar-refractivity contribution is -0.144. The first-order chi connectivity index (χ1) is 19.4. The van der Waals surface area contributed by atoms with Crippen molar-refractivity contribution < 1.29 is 36.6 Å². The van der Waals surface area contributed by atoms with Crippen LogP contribution in [0.3, 0.4) is 0 Å². The molecule has 0 unspecified atom stereocenters. The Morgan fingerprint density at radius 1 is 1.17 bits per heavy atom. The van der Waals surface area contributed by atoms with Crippen molar-refractivity contribution in [2.75, 3.05) is 18.5 Å². The van der Waals surface area contributed by atoms with E-state index in [2.05, 4.69) is 10.3 Å². The van der Waals surface area contributed by atoms with Gasteiger partial charge in [0.1, 0.15) is 16.6 Å². The van der Waals surface area contributed by atoms with E-state index in [0.717, 1.165) is 12.1 Å². The molecule has 1 aliphatic rings. The first-order valence-electron chi connectivity index (χ1n) is 13.3. The Kier molecular flexibility index (Phi) is 9.26. The van der Waals surface area contributed by atoms with Crippen molar-refractivity contribution in [2.24, 2.45) is 5.92 Å². The molecule has 0 spiro atoms. The van der Waals surface area contributed by atoms with Gasteiger partial charge in [0, 0.05) is 30.3 Å². The van der Waals surface area contributed by atoms with Crippen LogP contribution in [0.25, 0.3) is 0 Å². The van der Waals surface area contributed by atoms with E-state index in [1.165, 1.54) is 18.2 Å². The van der Waals surface area contributed by atoms with Crippen molar-refractivity contribution >= 4 is 29.2 Å². The van der Waals surface area contributed by atoms with Crippen LogP contribution in [0.5, 0.6) is 5.75 Å². The van der Waals surface area contributed by atoms with Crippen molar-refractivity contribution in [2.45, 2.75) is 58.2 Å². The van der Waals surface area contributed by atoms with Crippen LogP contribution in [0.15, 0.2) is 42.5 Å². The summed E-state index contributed by atoms with van der Waals surface area (Å²) in [6.45, 7) is 5.85. The van der Waals surface area contributed by atoms with Gasteiger partial charge in [-0.15, -0.1) is 0 Å². The number of benzene rings is 1. The number of aromatic nitrogens is 2. The van der Waals surface area contributed by atoms with Gasteiger partial charge < -0.3 is 19.4 Å². The number of nitrogens with one attached hydrogen (secondary N) is 1. The highest BCUT2D eigenvalue weighted by Gasteiger charge is 2.46. The van der Waals surface area contributed by atoms with Crippen LogP contribution in [0.4, 0.5) is 23.2 Å². The van der Waals surface area contributed by atoms with Crippen molar-refractivity contribution in [3.8, 4) is 5.75 Å². The molecule has 220 valence electrons. The molecule has 0 saturated heterocycles. The number of ether oxygens (including phenoxy) is 2. The highest BCUT2D eigenvalue weighted by molar-refractivity contribution is 6.29. The Hall–Kier alpha value is -3.60.